The Morgan fingerprint density at radius 3 is 3.32 bits per heavy atom. The van der Waals surface area contributed by atoms with Gasteiger partial charge in [0.25, 0.3) is 0 Å². The summed E-state index contributed by atoms with van der Waals surface area (Å²) in [7, 11) is 0. The highest BCUT2D eigenvalue weighted by Crippen LogP contribution is 2.28. The van der Waals surface area contributed by atoms with Crippen LogP contribution in [0.3, 0.4) is 0 Å². The predicted molar refractivity (Wildman–Crippen MR) is 76.2 cm³/mol. The van der Waals surface area contributed by atoms with Gasteiger partial charge in [-0.1, -0.05) is 6.07 Å². The Balaban J connectivity index is 1.67. The van der Waals surface area contributed by atoms with Gasteiger partial charge in [-0.05, 0) is 24.8 Å². The van der Waals surface area contributed by atoms with Crippen molar-refractivity contribution >= 4 is 11.3 Å². The fourth-order valence-electron chi connectivity index (χ4n) is 2.54. The fourth-order valence-corrected chi connectivity index (χ4v) is 3.20. The van der Waals surface area contributed by atoms with Crippen LogP contribution in [0.5, 0.6) is 0 Å². The van der Waals surface area contributed by atoms with Crippen LogP contribution in [-0.4, -0.2) is 22.2 Å². The highest BCUT2D eigenvalue weighted by molar-refractivity contribution is 7.09. The Labute approximate surface area is 117 Å². The molecule has 4 nitrogen and oxygen atoms in total. The molecule has 0 radical (unpaired) electrons. The number of hydrogen-bond acceptors (Lipinski definition) is 4. The molecule has 1 aliphatic heterocycles. The molecule has 5 heteroatoms. The number of imidazole rings is 1. The quantitative estimate of drug-likeness (QED) is 0.913. The lowest BCUT2D eigenvalue weighted by atomic mass is 10.1. The third kappa shape index (κ3) is 2.73. The van der Waals surface area contributed by atoms with Gasteiger partial charge in [0, 0.05) is 43.0 Å². The van der Waals surface area contributed by atoms with E-state index in [9.17, 15) is 0 Å². The van der Waals surface area contributed by atoms with Crippen LogP contribution in [0.25, 0.3) is 0 Å². The minimum absolute atomic E-state index is 0.0786. The first kappa shape index (κ1) is 12.8. The van der Waals surface area contributed by atoms with Crippen molar-refractivity contribution in [3.8, 4) is 0 Å². The molecule has 0 bridgehead atoms. The Bertz CT molecular complexity index is 509. The van der Waals surface area contributed by atoms with Crippen molar-refractivity contribution in [2.24, 2.45) is 0 Å². The number of nitrogens with zero attached hydrogens (tertiary/aromatic N) is 2. The van der Waals surface area contributed by atoms with Gasteiger partial charge < -0.3 is 14.6 Å². The van der Waals surface area contributed by atoms with Gasteiger partial charge in [0.15, 0.2) is 0 Å². The molecular weight excluding hydrogens is 258 g/mol. The lowest BCUT2D eigenvalue weighted by molar-refractivity contribution is 0.0886. The van der Waals surface area contributed by atoms with Crippen molar-refractivity contribution in [3.05, 3.63) is 40.6 Å². The topological polar surface area (TPSA) is 39.1 Å². The molecule has 1 saturated heterocycles. The summed E-state index contributed by atoms with van der Waals surface area (Å²) in [5.41, 5.74) is 0. The third-order valence-corrected chi connectivity index (χ3v) is 4.43. The number of ether oxygens (including phenoxy) is 1. The van der Waals surface area contributed by atoms with E-state index in [2.05, 4.69) is 39.3 Å². The SMILES string of the molecule is CCn1ccnc1[C@H]1OCC[C@@H]1NCc1cccs1. The number of aryl methyl sites for hydroxylation is 1. The van der Waals surface area contributed by atoms with Gasteiger partial charge in [0.05, 0.1) is 0 Å². The van der Waals surface area contributed by atoms with E-state index in [1.165, 1.54) is 4.88 Å². The normalized spacial score (nSPS) is 23.0. The maximum absolute atomic E-state index is 5.88. The van der Waals surface area contributed by atoms with Crippen LogP contribution in [0, 0.1) is 0 Å². The van der Waals surface area contributed by atoms with Crippen molar-refractivity contribution in [2.45, 2.75) is 38.6 Å². The van der Waals surface area contributed by atoms with E-state index in [1.54, 1.807) is 11.3 Å². The zero-order valence-corrected chi connectivity index (χ0v) is 11.9. The molecule has 0 saturated carbocycles. The number of nitrogens with one attached hydrogen (secondary N) is 1. The van der Waals surface area contributed by atoms with Crippen LogP contribution in [-0.2, 0) is 17.8 Å². The van der Waals surface area contributed by atoms with E-state index in [0.717, 1.165) is 31.9 Å². The average molecular weight is 277 g/mol. The summed E-state index contributed by atoms with van der Waals surface area (Å²) in [5.74, 6) is 1.05. The van der Waals surface area contributed by atoms with Crippen molar-refractivity contribution in [3.63, 3.8) is 0 Å². The predicted octanol–water partition coefficient (Wildman–Crippen LogP) is 2.58. The highest BCUT2D eigenvalue weighted by Gasteiger charge is 2.32. The van der Waals surface area contributed by atoms with Crippen molar-refractivity contribution in [2.75, 3.05) is 6.61 Å². The molecule has 1 fully saturated rings. The molecule has 2 aromatic rings. The highest BCUT2D eigenvalue weighted by atomic mass is 32.1. The standard InChI is InChI=1S/C14H19N3OS/c1-2-17-7-6-15-14(17)13-12(5-8-18-13)16-10-11-4-3-9-19-11/h3-4,6-7,9,12-13,16H,2,5,8,10H2,1H3/t12-,13-/m0/s1. The minimum Gasteiger partial charge on any atom is -0.369 e. The molecule has 102 valence electrons. The Morgan fingerprint density at radius 1 is 1.58 bits per heavy atom. The van der Waals surface area contributed by atoms with Crippen LogP contribution in [0.1, 0.15) is 30.2 Å². The molecule has 0 aromatic carbocycles. The van der Waals surface area contributed by atoms with Crippen molar-refractivity contribution in [1.82, 2.24) is 14.9 Å². The number of rotatable bonds is 5. The van der Waals surface area contributed by atoms with Crippen LogP contribution < -0.4 is 5.32 Å². The van der Waals surface area contributed by atoms with Gasteiger partial charge in [-0.15, -0.1) is 11.3 Å². The lowest BCUT2D eigenvalue weighted by Gasteiger charge is -2.20. The Kier molecular flexibility index (Phi) is 3.96. The molecule has 2 aromatic heterocycles. The molecule has 1 N–H and O–H groups in total. The first-order valence-electron chi connectivity index (χ1n) is 6.77. The summed E-state index contributed by atoms with van der Waals surface area (Å²) in [6, 6.07) is 4.61. The Morgan fingerprint density at radius 2 is 2.53 bits per heavy atom. The third-order valence-electron chi connectivity index (χ3n) is 3.55. The molecule has 3 heterocycles. The summed E-state index contributed by atoms with van der Waals surface area (Å²) in [6.45, 7) is 4.79. The average Bonchev–Trinajstić information content (AvgIpc) is 3.16. The van der Waals surface area contributed by atoms with Gasteiger partial charge in [0.2, 0.25) is 0 Å². The summed E-state index contributed by atoms with van der Waals surface area (Å²) in [4.78, 5) is 5.83. The molecule has 0 amide bonds. The second-order valence-electron chi connectivity index (χ2n) is 4.72. The molecule has 2 atom stereocenters. The van der Waals surface area contributed by atoms with E-state index in [0.29, 0.717) is 6.04 Å². The fraction of sp³-hybridized carbons (Fsp3) is 0.500. The minimum atomic E-state index is 0.0786. The smallest absolute Gasteiger partial charge is 0.139 e. The van der Waals surface area contributed by atoms with Gasteiger partial charge in [-0.25, -0.2) is 4.98 Å². The van der Waals surface area contributed by atoms with Crippen molar-refractivity contribution in [1.29, 1.82) is 0 Å². The second kappa shape index (κ2) is 5.86. The van der Waals surface area contributed by atoms with Gasteiger partial charge in [-0.3, -0.25) is 0 Å². The van der Waals surface area contributed by atoms with Crippen LogP contribution in [0.15, 0.2) is 29.9 Å². The first-order chi connectivity index (χ1) is 9.38. The Hall–Kier alpha value is -1.17. The number of thiophene rings is 1. The van der Waals surface area contributed by atoms with Gasteiger partial charge in [0.1, 0.15) is 11.9 Å². The zero-order valence-electron chi connectivity index (χ0n) is 11.1. The molecule has 0 unspecified atom stereocenters. The monoisotopic (exact) mass is 277 g/mol. The van der Waals surface area contributed by atoms with E-state index < -0.39 is 0 Å². The summed E-state index contributed by atoms with van der Waals surface area (Å²) < 4.78 is 8.04. The lowest BCUT2D eigenvalue weighted by Crippen LogP contribution is -2.32. The van der Waals surface area contributed by atoms with Gasteiger partial charge >= 0.3 is 0 Å². The van der Waals surface area contributed by atoms with E-state index in [4.69, 9.17) is 4.74 Å². The van der Waals surface area contributed by atoms with Crippen LogP contribution in [0.2, 0.25) is 0 Å². The summed E-state index contributed by atoms with van der Waals surface area (Å²) >= 11 is 1.79. The zero-order chi connectivity index (χ0) is 13.1. The van der Waals surface area contributed by atoms with E-state index in [1.807, 2.05) is 12.4 Å². The van der Waals surface area contributed by atoms with Gasteiger partial charge in [-0.2, -0.15) is 0 Å². The summed E-state index contributed by atoms with van der Waals surface area (Å²) in [6.07, 6.45) is 5.01. The largest absolute Gasteiger partial charge is 0.369 e. The van der Waals surface area contributed by atoms with Crippen LogP contribution >= 0.6 is 11.3 Å². The maximum Gasteiger partial charge on any atom is 0.139 e. The molecule has 19 heavy (non-hydrogen) atoms. The summed E-state index contributed by atoms with van der Waals surface area (Å²) in [5, 5.41) is 5.72. The number of aromatic nitrogens is 2. The molecule has 3 rings (SSSR count). The number of hydrogen-bond donors (Lipinski definition) is 1. The maximum atomic E-state index is 5.88. The second-order valence-corrected chi connectivity index (χ2v) is 5.75. The van der Waals surface area contributed by atoms with E-state index in [-0.39, 0.29) is 6.10 Å². The molecule has 1 aliphatic rings. The van der Waals surface area contributed by atoms with E-state index >= 15 is 0 Å². The van der Waals surface area contributed by atoms with Crippen molar-refractivity contribution < 1.29 is 4.74 Å². The molecule has 0 aliphatic carbocycles. The molecular formula is C14H19N3OS. The first-order valence-corrected chi connectivity index (χ1v) is 7.65. The van der Waals surface area contributed by atoms with Crippen LogP contribution in [0.4, 0.5) is 0 Å². The molecule has 0 spiro atoms.